The molecule has 0 radical (unpaired) electrons. The van der Waals surface area contributed by atoms with Crippen LogP contribution in [0.3, 0.4) is 0 Å². The van der Waals surface area contributed by atoms with Gasteiger partial charge in [0.05, 0.1) is 0 Å². The van der Waals surface area contributed by atoms with E-state index >= 15 is 0 Å². The van der Waals surface area contributed by atoms with Crippen LogP contribution in [0.15, 0.2) is 109 Å². The van der Waals surface area contributed by atoms with Gasteiger partial charge >= 0.3 is 17.9 Å². The largest absolute Gasteiger partial charge is 0.462 e. The average molecular weight is 986 g/mol. The van der Waals surface area contributed by atoms with E-state index in [1.54, 1.807) is 0 Å². The zero-order valence-electron chi connectivity index (χ0n) is 46.2. The van der Waals surface area contributed by atoms with E-state index in [1.807, 2.05) is 0 Å². The molecule has 0 heterocycles. The number of hydrogen-bond acceptors (Lipinski definition) is 6. The molecule has 0 aliphatic carbocycles. The van der Waals surface area contributed by atoms with Gasteiger partial charge in [-0.15, -0.1) is 0 Å². The lowest BCUT2D eigenvalue weighted by Crippen LogP contribution is -2.30. The first-order valence-electron chi connectivity index (χ1n) is 29.4. The quantitative estimate of drug-likeness (QED) is 0.0261. The van der Waals surface area contributed by atoms with Crippen LogP contribution < -0.4 is 0 Å². The Balaban J connectivity index is 4.44. The fourth-order valence-electron chi connectivity index (χ4n) is 7.93. The summed E-state index contributed by atoms with van der Waals surface area (Å²) in [6.45, 7) is 6.39. The van der Waals surface area contributed by atoms with Gasteiger partial charge in [-0.05, 0) is 103 Å². The maximum Gasteiger partial charge on any atom is 0.306 e. The average Bonchev–Trinajstić information content (AvgIpc) is 3.37. The third-order valence-corrected chi connectivity index (χ3v) is 12.3. The summed E-state index contributed by atoms with van der Waals surface area (Å²) in [7, 11) is 0. The molecule has 71 heavy (non-hydrogen) atoms. The van der Waals surface area contributed by atoms with Gasteiger partial charge in [-0.1, -0.05) is 252 Å². The van der Waals surface area contributed by atoms with Gasteiger partial charge in [0.15, 0.2) is 6.10 Å². The number of carbonyl (C=O) groups is 3. The number of unbranched alkanes of at least 4 members (excludes halogenated alkanes) is 23. The van der Waals surface area contributed by atoms with Gasteiger partial charge < -0.3 is 14.2 Å². The Hall–Kier alpha value is -3.93. The molecule has 0 aromatic heterocycles. The molecule has 0 spiro atoms. The van der Waals surface area contributed by atoms with Crippen molar-refractivity contribution in [2.24, 2.45) is 0 Å². The fraction of sp³-hybridized carbons (Fsp3) is 0.677. The van der Waals surface area contributed by atoms with Crippen molar-refractivity contribution in [3.8, 4) is 0 Å². The summed E-state index contributed by atoms with van der Waals surface area (Å²) < 4.78 is 16.9. The van der Waals surface area contributed by atoms with E-state index in [2.05, 4.69) is 130 Å². The molecule has 6 heteroatoms. The number of ether oxygens (including phenoxy) is 3. The van der Waals surface area contributed by atoms with Crippen LogP contribution in [0.1, 0.15) is 265 Å². The molecule has 404 valence electrons. The molecule has 0 aliphatic heterocycles. The minimum Gasteiger partial charge on any atom is -0.462 e. The predicted octanol–water partition coefficient (Wildman–Crippen LogP) is 19.9. The van der Waals surface area contributed by atoms with Crippen molar-refractivity contribution in [1.29, 1.82) is 0 Å². The van der Waals surface area contributed by atoms with Crippen molar-refractivity contribution in [2.45, 2.75) is 271 Å². The van der Waals surface area contributed by atoms with E-state index < -0.39 is 6.10 Å². The number of carbonyl (C=O) groups excluding carboxylic acids is 3. The van der Waals surface area contributed by atoms with Gasteiger partial charge in [-0.3, -0.25) is 14.4 Å². The molecule has 0 saturated heterocycles. The molecule has 0 amide bonds. The summed E-state index contributed by atoms with van der Waals surface area (Å²) >= 11 is 0. The second-order valence-corrected chi connectivity index (χ2v) is 19.1. The molecule has 0 rings (SSSR count). The van der Waals surface area contributed by atoms with Gasteiger partial charge in [0.25, 0.3) is 0 Å². The highest BCUT2D eigenvalue weighted by Gasteiger charge is 2.19. The van der Waals surface area contributed by atoms with Crippen LogP contribution in [0, 0.1) is 0 Å². The second kappa shape index (κ2) is 58.6. The van der Waals surface area contributed by atoms with Gasteiger partial charge in [-0.25, -0.2) is 0 Å². The Morgan fingerprint density at radius 1 is 0.296 bits per heavy atom. The fourth-order valence-corrected chi connectivity index (χ4v) is 7.93. The van der Waals surface area contributed by atoms with E-state index in [0.717, 1.165) is 148 Å². The summed E-state index contributed by atoms with van der Waals surface area (Å²) in [5.41, 5.74) is 0. The molecule has 6 nitrogen and oxygen atoms in total. The second-order valence-electron chi connectivity index (χ2n) is 19.1. The van der Waals surface area contributed by atoms with Gasteiger partial charge in [0.1, 0.15) is 13.2 Å². The number of allylic oxidation sites excluding steroid dienone is 18. The van der Waals surface area contributed by atoms with Crippen molar-refractivity contribution in [3.63, 3.8) is 0 Å². The maximum atomic E-state index is 12.9. The van der Waals surface area contributed by atoms with Crippen LogP contribution in [0.5, 0.6) is 0 Å². The monoisotopic (exact) mass is 985 g/mol. The Labute approximate surface area is 438 Å². The van der Waals surface area contributed by atoms with Crippen LogP contribution in [0.4, 0.5) is 0 Å². The SMILES string of the molecule is CC/C=C\C/C=C\C/C=C\C/C=C\C/C=C\C/C=C\CCCCCCC(=O)OCC(COC(=O)CCCCCCCCCCCCCCCCC)OC(=O)CCCCCCC/C=C\C/C=C\C/C=C\CC. The third-order valence-electron chi connectivity index (χ3n) is 12.3. The smallest absolute Gasteiger partial charge is 0.306 e. The zero-order valence-corrected chi connectivity index (χ0v) is 46.2. The Bertz CT molecular complexity index is 1460. The first kappa shape index (κ1) is 67.1. The number of rotatable bonds is 52. The number of hydrogen-bond donors (Lipinski definition) is 0. The van der Waals surface area contributed by atoms with Gasteiger partial charge in [0, 0.05) is 19.3 Å². The van der Waals surface area contributed by atoms with Crippen LogP contribution in [-0.2, 0) is 28.6 Å². The molecule has 0 N–H and O–H groups in total. The molecule has 0 aliphatic rings. The van der Waals surface area contributed by atoms with E-state index in [1.165, 1.54) is 77.0 Å². The first-order valence-corrected chi connectivity index (χ1v) is 29.4. The predicted molar refractivity (Wildman–Crippen MR) is 307 cm³/mol. The van der Waals surface area contributed by atoms with E-state index in [0.29, 0.717) is 19.3 Å². The van der Waals surface area contributed by atoms with E-state index in [4.69, 9.17) is 14.2 Å². The van der Waals surface area contributed by atoms with Crippen molar-refractivity contribution in [3.05, 3.63) is 109 Å². The molecule has 0 aromatic carbocycles. The minimum atomic E-state index is -0.799. The lowest BCUT2D eigenvalue weighted by atomic mass is 10.0. The highest BCUT2D eigenvalue weighted by Crippen LogP contribution is 2.15. The molecule has 0 bridgehead atoms. The molecule has 0 aromatic rings. The molecule has 0 fully saturated rings. The van der Waals surface area contributed by atoms with Crippen LogP contribution in [0.2, 0.25) is 0 Å². The zero-order chi connectivity index (χ0) is 51.4. The highest BCUT2D eigenvalue weighted by molar-refractivity contribution is 5.71. The molecule has 0 saturated carbocycles. The summed E-state index contributed by atoms with van der Waals surface area (Å²) in [4.78, 5) is 38.2. The first-order chi connectivity index (χ1) is 35.0. The van der Waals surface area contributed by atoms with E-state index in [9.17, 15) is 14.4 Å². The molecular weight excluding hydrogens is 877 g/mol. The van der Waals surface area contributed by atoms with Crippen LogP contribution in [-0.4, -0.2) is 37.2 Å². The topological polar surface area (TPSA) is 78.9 Å². The van der Waals surface area contributed by atoms with Crippen LogP contribution >= 0.6 is 0 Å². The van der Waals surface area contributed by atoms with Crippen molar-refractivity contribution in [2.75, 3.05) is 13.2 Å². The minimum absolute atomic E-state index is 0.0929. The normalized spacial score (nSPS) is 12.9. The van der Waals surface area contributed by atoms with Crippen LogP contribution in [0.25, 0.3) is 0 Å². The lowest BCUT2D eigenvalue weighted by Gasteiger charge is -2.18. The van der Waals surface area contributed by atoms with E-state index in [-0.39, 0.29) is 31.1 Å². The highest BCUT2D eigenvalue weighted by atomic mass is 16.6. The molecule has 1 atom stereocenters. The molecular formula is C65H108O6. The van der Waals surface area contributed by atoms with Gasteiger partial charge in [0.2, 0.25) is 0 Å². The summed E-state index contributed by atoms with van der Waals surface area (Å²) in [6, 6.07) is 0. The van der Waals surface area contributed by atoms with Crippen molar-refractivity contribution < 1.29 is 28.6 Å². The summed E-state index contributed by atoms with van der Waals surface area (Å²) in [6.07, 6.45) is 79.3. The van der Waals surface area contributed by atoms with Crippen molar-refractivity contribution >= 4 is 17.9 Å². The van der Waals surface area contributed by atoms with Crippen molar-refractivity contribution in [1.82, 2.24) is 0 Å². The Morgan fingerprint density at radius 3 is 0.859 bits per heavy atom. The maximum absolute atomic E-state index is 12.9. The lowest BCUT2D eigenvalue weighted by molar-refractivity contribution is -0.167. The summed E-state index contributed by atoms with van der Waals surface area (Å²) in [5, 5.41) is 0. The molecule has 1 unspecified atom stereocenters. The summed E-state index contributed by atoms with van der Waals surface area (Å²) in [5.74, 6) is -0.932. The Kier molecular flexibility index (Phi) is 55.4. The van der Waals surface area contributed by atoms with Gasteiger partial charge in [-0.2, -0.15) is 0 Å². The number of esters is 3. The third kappa shape index (κ3) is 56.9. The Morgan fingerprint density at radius 2 is 0.549 bits per heavy atom. The standard InChI is InChI=1S/C65H108O6/c1-4-7-10-13-16-19-22-25-28-29-30-31-32-33-34-35-38-40-43-46-49-52-55-58-64(67)70-61-62(71-65(68)59-56-53-50-47-44-41-37-27-24-21-18-15-12-9-6-3)60-69-63(66)57-54-51-48-45-42-39-36-26-23-20-17-14-11-8-5-2/h7,9-10,12,16,18-19,21,25,27-28,30-31,33-34,37-38,40,62H,4-6,8,11,13-15,17,20,22-24,26,29,32,35-36,39,41-61H2,1-3H3/b10-7-,12-9-,19-16-,21-18-,28-25-,31-30-,34-33-,37-27-,40-38-.